The Kier molecular flexibility index (Phi) is 5.89. The number of ether oxygens (including phenoxy) is 1. The quantitative estimate of drug-likeness (QED) is 0.804. The molecule has 1 aliphatic carbocycles. The van der Waals surface area contributed by atoms with E-state index in [1.54, 1.807) is 12.1 Å². The second-order valence-corrected chi connectivity index (χ2v) is 6.81. The molecule has 2 amide bonds. The number of nitrogens with one attached hydrogen (secondary N) is 1. The molecule has 1 aromatic rings. The van der Waals surface area contributed by atoms with Gasteiger partial charge in [0.25, 0.3) is 0 Å². The molecule has 5 nitrogen and oxygen atoms in total. The van der Waals surface area contributed by atoms with Gasteiger partial charge in [0, 0.05) is 19.0 Å². The zero-order valence-corrected chi connectivity index (χ0v) is 14.4. The van der Waals surface area contributed by atoms with Crippen LogP contribution in [0.25, 0.3) is 0 Å². The van der Waals surface area contributed by atoms with Gasteiger partial charge >= 0.3 is 0 Å². The lowest BCUT2D eigenvalue weighted by molar-refractivity contribution is -0.140. The van der Waals surface area contributed by atoms with Crippen LogP contribution in [0.3, 0.4) is 0 Å². The van der Waals surface area contributed by atoms with E-state index in [2.05, 4.69) is 5.32 Å². The number of carbonyl (C=O) groups is 2. The molecule has 2 fully saturated rings. The second-order valence-electron chi connectivity index (χ2n) is 6.81. The number of hydrogen-bond donors (Lipinski definition) is 1. The summed E-state index contributed by atoms with van der Waals surface area (Å²) in [4.78, 5) is 26.4. The van der Waals surface area contributed by atoms with Crippen molar-refractivity contribution in [1.29, 1.82) is 0 Å². The highest BCUT2D eigenvalue weighted by atomic mass is 19.1. The van der Waals surface area contributed by atoms with Gasteiger partial charge in [-0.05, 0) is 43.5 Å². The average molecular weight is 348 g/mol. The van der Waals surface area contributed by atoms with Gasteiger partial charge in [-0.2, -0.15) is 0 Å². The molecule has 0 radical (unpaired) electrons. The second kappa shape index (κ2) is 8.32. The molecule has 1 saturated heterocycles. The van der Waals surface area contributed by atoms with E-state index < -0.39 is 0 Å². The van der Waals surface area contributed by atoms with Gasteiger partial charge in [0.2, 0.25) is 11.8 Å². The van der Waals surface area contributed by atoms with Crippen molar-refractivity contribution >= 4 is 11.8 Å². The van der Waals surface area contributed by atoms with Crippen LogP contribution in [0.5, 0.6) is 5.75 Å². The fraction of sp³-hybridized carbons (Fsp3) is 0.579. The van der Waals surface area contributed by atoms with Crippen LogP contribution in [-0.4, -0.2) is 42.5 Å². The van der Waals surface area contributed by atoms with Gasteiger partial charge in [0.15, 0.2) is 0 Å². The van der Waals surface area contributed by atoms with Crippen molar-refractivity contribution in [3.05, 3.63) is 30.1 Å². The molecule has 1 N–H and O–H groups in total. The Morgan fingerprint density at radius 2 is 1.92 bits per heavy atom. The molecule has 0 bridgehead atoms. The minimum atomic E-state index is -0.306. The van der Waals surface area contributed by atoms with E-state index >= 15 is 0 Å². The van der Waals surface area contributed by atoms with E-state index in [4.69, 9.17) is 4.74 Å². The van der Waals surface area contributed by atoms with E-state index in [0.29, 0.717) is 44.3 Å². The summed E-state index contributed by atoms with van der Waals surface area (Å²) in [7, 11) is 0. The highest BCUT2D eigenvalue weighted by molar-refractivity contribution is 5.84. The van der Waals surface area contributed by atoms with Crippen LogP contribution in [0.2, 0.25) is 0 Å². The number of likely N-dealkylation sites (tertiary alicyclic amines) is 1. The molecule has 1 atom stereocenters. The molecule has 1 saturated carbocycles. The number of amides is 2. The zero-order chi connectivity index (χ0) is 17.6. The Hall–Kier alpha value is -2.11. The van der Waals surface area contributed by atoms with Gasteiger partial charge in [-0.3, -0.25) is 9.59 Å². The maximum absolute atomic E-state index is 12.8. The van der Waals surface area contributed by atoms with Crippen molar-refractivity contribution in [2.45, 2.75) is 44.6 Å². The summed E-state index contributed by atoms with van der Waals surface area (Å²) in [5, 5.41) is 2.88. The van der Waals surface area contributed by atoms with Crippen LogP contribution in [0.15, 0.2) is 24.3 Å². The van der Waals surface area contributed by atoms with Crippen molar-refractivity contribution in [3.63, 3.8) is 0 Å². The Labute approximate surface area is 147 Å². The third-order valence-electron chi connectivity index (χ3n) is 5.06. The molecule has 136 valence electrons. The summed E-state index contributed by atoms with van der Waals surface area (Å²) in [5.41, 5.74) is 0. The Balaban J connectivity index is 1.41. The van der Waals surface area contributed by atoms with Crippen LogP contribution in [0.4, 0.5) is 4.39 Å². The minimum absolute atomic E-state index is 0.0156. The fourth-order valence-electron chi connectivity index (χ4n) is 3.67. The van der Waals surface area contributed by atoms with Crippen LogP contribution in [-0.2, 0) is 9.59 Å². The normalized spacial score (nSPS) is 21.4. The number of benzene rings is 1. The summed E-state index contributed by atoms with van der Waals surface area (Å²) < 4.78 is 18.3. The predicted molar refractivity (Wildman–Crippen MR) is 91.6 cm³/mol. The molecule has 1 aliphatic heterocycles. The van der Waals surface area contributed by atoms with Gasteiger partial charge in [0.1, 0.15) is 18.2 Å². The summed E-state index contributed by atoms with van der Waals surface area (Å²) in [6.45, 7) is 1.26. The highest BCUT2D eigenvalue weighted by Crippen LogP contribution is 2.28. The number of halogens is 1. The maximum atomic E-state index is 12.8. The van der Waals surface area contributed by atoms with Crippen LogP contribution >= 0.6 is 0 Å². The summed E-state index contributed by atoms with van der Waals surface area (Å²) in [6.07, 6.45) is 5.54. The molecule has 1 aromatic carbocycles. The van der Waals surface area contributed by atoms with Crippen molar-refractivity contribution in [1.82, 2.24) is 10.2 Å². The third kappa shape index (κ3) is 4.71. The molecule has 3 rings (SSSR count). The molecular formula is C19H25FN2O3. The molecule has 6 heteroatoms. The van der Waals surface area contributed by atoms with Gasteiger partial charge in [-0.15, -0.1) is 0 Å². The van der Waals surface area contributed by atoms with E-state index in [0.717, 1.165) is 12.8 Å². The van der Waals surface area contributed by atoms with Crippen LogP contribution in [0, 0.1) is 11.7 Å². The van der Waals surface area contributed by atoms with Gasteiger partial charge in [-0.25, -0.2) is 4.39 Å². The van der Waals surface area contributed by atoms with Crippen molar-refractivity contribution < 1.29 is 18.7 Å². The fourth-order valence-corrected chi connectivity index (χ4v) is 3.67. The predicted octanol–water partition coefficient (Wildman–Crippen LogP) is 2.50. The monoisotopic (exact) mass is 348 g/mol. The molecule has 25 heavy (non-hydrogen) atoms. The summed E-state index contributed by atoms with van der Waals surface area (Å²) in [5.74, 6) is 0.309. The van der Waals surface area contributed by atoms with E-state index in [1.807, 2.05) is 4.90 Å². The van der Waals surface area contributed by atoms with Crippen molar-refractivity contribution in [2.24, 2.45) is 5.92 Å². The number of nitrogens with zero attached hydrogens (tertiary/aromatic N) is 1. The Morgan fingerprint density at radius 3 is 2.64 bits per heavy atom. The SMILES string of the molecule is O=C(NCCOc1ccc(F)cc1)[C@H]1CCC(=O)N(C2CCCC2)C1. The molecule has 1 heterocycles. The van der Waals surface area contributed by atoms with Crippen LogP contribution < -0.4 is 10.1 Å². The Bertz CT molecular complexity index is 599. The van der Waals surface area contributed by atoms with Gasteiger partial charge in [0.05, 0.1) is 12.5 Å². The van der Waals surface area contributed by atoms with Crippen molar-refractivity contribution in [3.8, 4) is 5.75 Å². The lowest BCUT2D eigenvalue weighted by Crippen LogP contribution is -2.49. The lowest BCUT2D eigenvalue weighted by atomic mass is 9.95. The Morgan fingerprint density at radius 1 is 1.20 bits per heavy atom. The molecular weight excluding hydrogens is 323 g/mol. The van der Waals surface area contributed by atoms with Gasteiger partial charge < -0.3 is 15.0 Å². The minimum Gasteiger partial charge on any atom is -0.492 e. The lowest BCUT2D eigenvalue weighted by Gasteiger charge is -2.36. The van der Waals surface area contributed by atoms with E-state index in [-0.39, 0.29) is 23.5 Å². The zero-order valence-electron chi connectivity index (χ0n) is 14.4. The first-order chi connectivity index (χ1) is 12.1. The number of carbonyl (C=O) groups excluding carboxylic acids is 2. The van der Waals surface area contributed by atoms with E-state index in [1.165, 1.54) is 25.0 Å². The standard InChI is InChI=1S/C19H25FN2O3/c20-15-6-8-17(9-7-15)25-12-11-21-19(24)14-5-10-18(23)22(13-14)16-3-1-2-4-16/h6-9,14,16H,1-5,10-13H2,(H,21,24)/t14-/m0/s1. The first-order valence-electron chi connectivity index (χ1n) is 9.09. The smallest absolute Gasteiger partial charge is 0.225 e. The average Bonchev–Trinajstić information content (AvgIpc) is 3.15. The highest BCUT2D eigenvalue weighted by Gasteiger charge is 2.34. The first kappa shape index (κ1) is 17.7. The summed E-state index contributed by atoms with van der Waals surface area (Å²) in [6, 6.07) is 6.12. The van der Waals surface area contributed by atoms with E-state index in [9.17, 15) is 14.0 Å². The molecule has 0 aromatic heterocycles. The first-order valence-corrected chi connectivity index (χ1v) is 9.09. The molecule has 2 aliphatic rings. The largest absolute Gasteiger partial charge is 0.492 e. The molecule has 0 spiro atoms. The maximum Gasteiger partial charge on any atom is 0.225 e. The molecule has 0 unspecified atom stereocenters. The van der Waals surface area contributed by atoms with Crippen LogP contribution in [0.1, 0.15) is 38.5 Å². The third-order valence-corrected chi connectivity index (χ3v) is 5.06. The topological polar surface area (TPSA) is 58.6 Å². The number of rotatable bonds is 6. The number of hydrogen-bond acceptors (Lipinski definition) is 3. The van der Waals surface area contributed by atoms with Crippen molar-refractivity contribution in [2.75, 3.05) is 19.7 Å². The van der Waals surface area contributed by atoms with Gasteiger partial charge in [-0.1, -0.05) is 12.8 Å². The summed E-state index contributed by atoms with van der Waals surface area (Å²) >= 11 is 0. The number of piperidine rings is 1.